The van der Waals surface area contributed by atoms with Gasteiger partial charge in [0.25, 0.3) is 0 Å². The van der Waals surface area contributed by atoms with Gasteiger partial charge in [0.15, 0.2) is 0 Å². The van der Waals surface area contributed by atoms with E-state index in [0.29, 0.717) is 13.1 Å². The highest BCUT2D eigenvalue weighted by atomic mass is 19.4. The summed E-state index contributed by atoms with van der Waals surface area (Å²) in [5.41, 5.74) is -0.760. The number of nitriles is 1. The summed E-state index contributed by atoms with van der Waals surface area (Å²) in [4.78, 5) is 5.49. The minimum Gasteiger partial charge on any atom is -0.356 e. The highest BCUT2D eigenvalue weighted by molar-refractivity contribution is 5.54. The van der Waals surface area contributed by atoms with E-state index in [1.54, 1.807) is 4.90 Å². The van der Waals surface area contributed by atoms with Crippen LogP contribution in [0.4, 0.5) is 19.0 Å². The van der Waals surface area contributed by atoms with Gasteiger partial charge in [0, 0.05) is 13.1 Å². The monoisotopic (exact) mass is 299 g/mol. The number of aromatic nitrogens is 1. The Hall–Kier alpha value is -1.77. The SMILES string of the molecule is CCCCN(CCCC)c1nc(C(F)(F)F)ccc1C#N. The quantitative estimate of drug-likeness (QED) is 0.750. The fraction of sp³-hybridized carbons (Fsp3) is 0.600. The molecule has 0 amide bonds. The summed E-state index contributed by atoms with van der Waals surface area (Å²) < 4.78 is 38.4. The summed E-state index contributed by atoms with van der Waals surface area (Å²) in [6.07, 6.45) is -0.921. The number of hydrogen-bond donors (Lipinski definition) is 0. The number of nitrogens with zero attached hydrogens (tertiary/aromatic N) is 3. The standard InChI is InChI=1S/C15H20F3N3/c1-3-5-9-21(10-6-4-2)14-12(11-19)7-8-13(20-14)15(16,17)18/h7-8H,3-6,9-10H2,1-2H3. The van der Waals surface area contributed by atoms with Crippen LogP contribution in [0.2, 0.25) is 0 Å². The molecule has 6 heteroatoms. The molecular formula is C15H20F3N3. The molecule has 1 rings (SSSR count). The molecule has 0 N–H and O–H groups in total. The van der Waals surface area contributed by atoms with Crippen LogP contribution >= 0.6 is 0 Å². The van der Waals surface area contributed by atoms with Gasteiger partial charge in [-0.15, -0.1) is 0 Å². The van der Waals surface area contributed by atoms with Gasteiger partial charge in [0.05, 0.1) is 5.56 Å². The molecule has 1 aromatic rings. The summed E-state index contributed by atoms with van der Waals surface area (Å²) >= 11 is 0. The third kappa shape index (κ3) is 4.92. The van der Waals surface area contributed by atoms with Crippen LogP contribution in [0.25, 0.3) is 0 Å². The summed E-state index contributed by atoms with van der Waals surface area (Å²) in [5.74, 6) is 0.147. The van der Waals surface area contributed by atoms with E-state index in [0.717, 1.165) is 31.7 Å². The van der Waals surface area contributed by atoms with Crippen molar-refractivity contribution in [1.82, 2.24) is 4.98 Å². The molecule has 0 unspecified atom stereocenters. The van der Waals surface area contributed by atoms with Crippen molar-refractivity contribution in [2.45, 2.75) is 45.7 Å². The first-order chi connectivity index (χ1) is 9.93. The van der Waals surface area contributed by atoms with Crippen LogP contribution in [0.15, 0.2) is 12.1 Å². The van der Waals surface area contributed by atoms with Crippen molar-refractivity contribution in [2.24, 2.45) is 0 Å². The number of rotatable bonds is 7. The molecule has 1 aromatic heterocycles. The molecule has 0 aliphatic rings. The number of hydrogen-bond acceptors (Lipinski definition) is 3. The molecule has 0 fully saturated rings. The van der Waals surface area contributed by atoms with Gasteiger partial charge in [0.1, 0.15) is 17.6 Å². The van der Waals surface area contributed by atoms with Crippen LogP contribution in [0, 0.1) is 11.3 Å². The van der Waals surface area contributed by atoms with Crippen LogP contribution < -0.4 is 4.90 Å². The van der Waals surface area contributed by atoms with E-state index in [9.17, 15) is 13.2 Å². The maximum absolute atomic E-state index is 12.8. The summed E-state index contributed by atoms with van der Waals surface area (Å²) in [5, 5.41) is 9.11. The molecule has 0 aliphatic carbocycles. The predicted molar refractivity (Wildman–Crippen MR) is 76.0 cm³/mol. The Morgan fingerprint density at radius 3 is 2.14 bits per heavy atom. The van der Waals surface area contributed by atoms with Gasteiger partial charge in [0.2, 0.25) is 0 Å². The third-order valence-corrected chi connectivity index (χ3v) is 3.15. The minimum atomic E-state index is -4.50. The normalized spacial score (nSPS) is 11.2. The van der Waals surface area contributed by atoms with Gasteiger partial charge in [-0.2, -0.15) is 18.4 Å². The lowest BCUT2D eigenvalue weighted by Crippen LogP contribution is -2.28. The maximum atomic E-state index is 12.8. The first kappa shape index (κ1) is 17.3. The molecule has 0 aliphatic heterocycles. The minimum absolute atomic E-state index is 0.147. The van der Waals surface area contributed by atoms with Gasteiger partial charge in [-0.3, -0.25) is 0 Å². The summed E-state index contributed by atoms with van der Waals surface area (Å²) in [7, 11) is 0. The van der Waals surface area contributed by atoms with Crippen molar-refractivity contribution in [2.75, 3.05) is 18.0 Å². The van der Waals surface area contributed by atoms with Gasteiger partial charge < -0.3 is 4.90 Å². The Morgan fingerprint density at radius 2 is 1.71 bits per heavy atom. The number of anilines is 1. The Morgan fingerprint density at radius 1 is 1.14 bits per heavy atom. The van der Waals surface area contributed by atoms with Gasteiger partial charge in [-0.25, -0.2) is 4.98 Å². The average Bonchev–Trinajstić information content (AvgIpc) is 2.46. The molecule has 0 radical (unpaired) electrons. The molecule has 116 valence electrons. The molecule has 0 saturated carbocycles. The molecular weight excluding hydrogens is 279 g/mol. The van der Waals surface area contributed by atoms with E-state index in [-0.39, 0.29) is 11.4 Å². The van der Waals surface area contributed by atoms with E-state index >= 15 is 0 Å². The van der Waals surface area contributed by atoms with Crippen molar-refractivity contribution < 1.29 is 13.2 Å². The zero-order valence-corrected chi connectivity index (χ0v) is 12.4. The van der Waals surface area contributed by atoms with E-state index in [4.69, 9.17) is 5.26 Å². The van der Waals surface area contributed by atoms with Gasteiger partial charge >= 0.3 is 6.18 Å². The lowest BCUT2D eigenvalue weighted by molar-refractivity contribution is -0.141. The number of pyridine rings is 1. The highest BCUT2D eigenvalue weighted by Crippen LogP contribution is 2.30. The van der Waals surface area contributed by atoms with Crippen LogP contribution in [0.1, 0.15) is 50.8 Å². The van der Waals surface area contributed by atoms with Crippen molar-refractivity contribution in [3.05, 3.63) is 23.4 Å². The van der Waals surface area contributed by atoms with Gasteiger partial charge in [-0.1, -0.05) is 26.7 Å². The topological polar surface area (TPSA) is 39.9 Å². The largest absolute Gasteiger partial charge is 0.433 e. The molecule has 0 aromatic carbocycles. The third-order valence-electron chi connectivity index (χ3n) is 3.15. The van der Waals surface area contributed by atoms with E-state index in [1.165, 1.54) is 6.07 Å². The molecule has 0 spiro atoms. The smallest absolute Gasteiger partial charge is 0.356 e. The molecule has 1 heterocycles. The fourth-order valence-corrected chi connectivity index (χ4v) is 1.96. The predicted octanol–water partition coefficient (Wildman–Crippen LogP) is 4.38. The number of unbranched alkanes of at least 4 members (excludes halogenated alkanes) is 2. The first-order valence-corrected chi connectivity index (χ1v) is 7.17. The van der Waals surface area contributed by atoms with Gasteiger partial charge in [-0.05, 0) is 25.0 Å². The zero-order valence-electron chi connectivity index (χ0n) is 12.4. The summed E-state index contributed by atoms with van der Waals surface area (Å²) in [6, 6.07) is 4.00. The zero-order chi connectivity index (χ0) is 15.9. The average molecular weight is 299 g/mol. The molecule has 21 heavy (non-hydrogen) atoms. The lowest BCUT2D eigenvalue weighted by Gasteiger charge is -2.25. The second-order valence-electron chi connectivity index (χ2n) is 4.87. The number of halogens is 3. The Balaban J connectivity index is 3.16. The Bertz CT molecular complexity index is 484. The second kappa shape index (κ2) is 7.87. The number of alkyl halides is 3. The molecule has 0 bridgehead atoms. The Kier molecular flexibility index (Phi) is 6.47. The van der Waals surface area contributed by atoms with E-state index in [1.807, 2.05) is 19.9 Å². The molecule has 0 saturated heterocycles. The van der Waals surface area contributed by atoms with Crippen LogP contribution in [0.3, 0.4) is 0 Å². The second-order valence-corrected chi connectivity index (χ2v) is 4.87. The van der Waals surface area contributed by atoms with Crippen LogP contribution in [0.5, 0.6) is 0 Å². The van der Waals surface area contributed by atoms with Crippen molar-refractivity contribution in [3.8, 4) is 6.07 Å². The lowest BCUT2D eigenvalue weighted by atomic mass is 10.2. The first-order valence-electron chi connectivity index (χ1n) is 7.17. The van der Waals surface area contributed by atoms with E-state index < -0.39 is 11.9 Å². The molecule has 0 atom stereocenters. The van der Waals surface area contributed by atoms with Crippen molar-refractivity contribution in [1.29, 1.82) is 5.26 Å². The van der Waals surface area contributed by atoms with Crippen LogP contribution in [-0.4, -0.2) is 18.1 Å². The Labute approximate surface area is 123 Å². The summed E-state index contributed by atoms with van der Waals surface area (Å²) in [6.45, 7) is 5.25. The molecule has 3 nitrogen and oxygen atoms in total. The van der Waals surface area contributed by atoms with E-state index in [2.05, 4.69) is 4.98 Å². The highest BCUT2D eigenvalue weighted by Gasteiger charge is 2.33. The van der Waals surface area contributed by atoms with Crippen LogP contribution in [-0.2, 0) is 6.18 Å². The van der Waals surface area contributed by atoms with Crippen molar-refractivity contribution in [3.63, 3.8) is 0 Å². The fourth-order valence-electron chi connectivity index (χ4n) is 1.96. The van der Waals surface area contributed by atoms with Crippen molar-refractivity contribution >= 4 is 5.82 Å². The maximum Gasteiger partial charge on any atom is 0.433 e.